The molecule has 0 radical (unpaired) electrons. The first-order chi connectivity index (χ1) is 11.0. The van der Waals surface area contributed by atoms with Crippen LogP contribution in [0.2, 0.25) is 0 Å². The van der Waals surface area contributed by atoms with Crippen LogP contribution in [0.15, 0.2) is 28.9 Å². The molecule has 1 fully saturated rings. The fraction of sp³-hybridized carbons (Fsp3) is 0.375. The number of carboxylic acids is 2. The van der Waals surface area contributed by atoms with Crippen molar-refractivity contribution in [2.75, 3.05) is 13.1 Å². The van der Waals surface area contributed by atoms with Crippen molar-refractivity contribution in [1.82, 2.24) is 9.47 Å². The van der Waals surface area contributed by atoms with E-state index < -0.39 is 18.0 Å². The molecular weight excluding hydrogens is 364 g/mol. The van der Waals surface area contributed by atoms with Crippen LogP contribution >= 0.6 is 15.9 Å². The topological polar surface area (TPSA) is 82.8 Å². The number of likely N-dealkylation sites (tertiary alicyclic amines) is 1. The number of benzene rings is 1. The van der Waals surface area contributed by atoms with E-state index in [4.69, 9.17) is 5.11 Å². The number of carbonyl (C=O) groups is 2. The van der Waals surface area contributed by atoms with Gasteiger partial charge in [0.1, 0.15) is 12.6 Å². The molecule has 0 amide bonds. The van der Waals surface area contributed by atoms with Gasteiger partial charge in [0.05, 0.1) is 5.52 Å². The summed E-state index contributed by atoms with van der Waals surface area (Å²) < 4.78 is 2.43. The van der Waals surface area contributed by atoms with Gasteiger partial charge < -0.3 is 14.8 Å². The lowest BCUT2D eigenvalue weighted by molar-refractivity contribution is -0.143. The van der Waals surface area contributed by atoms with Crippen LogP contribution in [-0.2, 0) is 16.1 Å². The first-order valence-electron chi connectivity index (χ1n) is 7.44. The Bertz CT molecular complexity index is 765. The number of halogens is 1. The van der Waals surface area contributed by atoms with Gasteiger partial charge in [-0.2, -0.15) is 0 Å². The van der Waals surface area contributed by atoms with Crippen LogP contribution in [0.1, 0.15) is 24.4 Å². The molecule has 1 aromatic heterocycles. The zero-order valence-corrected chi connectivity index (χ0v) is 14.0. The molecule has 122 valence electrons. The van der Waals surface area contributed by atoms with Gasteiger partial charge in [0.25, 0.3) is 0 Å². The normalized spacial score (nSPS) is 16.7. The van der Waals surface area contributed by atoms with Crippen molar-refractivity contribution in [3.63, 3.8) is 0 Å². The Labute approximate surface area is 141 Å². The molecule has 23 heavy (non-hydrogen) atoms. The maximum Gasteiger partial charge on any atom is 0.325 e. The molecule has 1 atom stereocenters. The van der Waals surface area contributed by atoms with Crippen LogP contribution in [-0.4, -0.2) is 44.7 Å². The third-order valence-corrected chi connectivity index (χ3v) is 4.71. The monoisotopic (exact) mass is 380 g/mol. The van der Waals surface area contributed by atoms with Crippen molar-refractivity contribution in [3.8, 4) is 0 Å². The number of nitrogens with zero attached hydrogens (tertiary/aromatic N) is 2. The molecule has 7 heteroatoms. The van der Waals surface area contributed by atoms with Crippen molar-refractivity contribution >= 4 is 38.8 Å². The van der Waals surface area contributed by atoms with Gasteiger partial charge in [0.15, 0.2) is 0 Å². The third kappa shape index (κ3) is 3.11. The molecule has 0 unspecified atom stereocenters. The number of aliphatic carboxylic acids is 2. The molecule has 0 saturated carbocycles. The lowest BCUT2D eigenvalue weighted by Crippen LogP contribution is -2.31. The molecule has 1 aromatic carbocycles. The minimum Gasteiger partial charge on any atom is -0.480 e. The molecule has 0 spiro atoms. The van der Waals surface area contributed by atoms with Crippen LogP contribution in [0.4, 0.5) is 0 Å². The quantitative estimate of drug-likeness (QED) is 0.832. The number of hydrogen-bond donors (Lipinski definition) is 2. The Morgan fingerprint density at radius 2 is 1.91 bits per heavy atom. The van der Waals surface area contributed by atoms with E-state index in [9.17, 15) is 14.7 Å². The van der Waals surface area contributed by atoms with Crippen LogP contribution < -0.4 is 0 Å². The highest BCUT2D eigenvalue weighted by Gasteiger charge is 2.32. The van der Waals surface area contributed by atoms with Gasteiger partial charge >= 0.3 is 11.9 Å². The Hall–Kier alpha value is -1.86. The average Bonchev–Trinajstić information content (AvgIpc) is 3.08. The molecule has 0 bridgehead atoms. The minimum atomic E-state index is -0.957. The molecule has 0 aliphatic carbocycles. The second-order valence-electron chi connectivity index (χ2n) is 5.75. The van der Waals surface area contributed by atoms with Gasteiger partial charge in [-0.1, -0.05) is 22.0 Å². The Morgan fingerprint density at radius 1 is 1.22 bits per heavy atom. The summed E-state index contributed by atoms with van der Waals surface area (Å²) in [6, 6.07) is 4.78. The van der Waals surface area contributed by atoms with Gasteiger partial charge in [-0.25, -0.2) is 0 Å². The lowest BCUT2D eigenvalue weighted by atomic mass is 10.0. The SMILES string of the molecule is O=C(O)Cn1cc([C@@H](C(=O)O)N2CCCC2)c2ccc(Br)cc21. The minimum absolute atomic E-state index is 0.195. The van der Waals surface area contributed by atoms with Crippen molar-refractivity contribution < 1.29 is 19.8 Å². The number of hydrogen-bond acceptors (Lipinski definition) is 3. The highest BCUT2D eigenvalue weighted by atomic mass is 79.9. The van der Waals surface area contributed by atoms with E-state index >= 15 is 0 Å². The molecule has 1 aliphatic heterocycles. The van der Waals surface area contributed by atoms with E-state index in [2.05, 4.69) is 15.9 Å². The Kier molecular flexibility index (Phi) is 4.41. The van der Waals surface area contributed by atoms with Crippen molar-refractivity contribution in [3.05, 3.63) is 34.4 Å². The molecule has 2 aromatic rings. The highest BCUT2D eigenvalue weighted by molar-refractivity contribution is 9.10. The average molecular weight is 381 g/mol. The predicted octanol–water partition coefficient (Wildman–Crippen LogP) is 2.71. The van der Waals surface area contributed by atoms with E-state index in [1.807, 2.05) is 23.1 Å². The maximum atomic E-state index is 11.9. The molecule has 2 N–H and O–H groups in total. The Morgan fingerprint density at radius 3 is 2.52 bits per heavy atom. The van der Waals surface area contributed by atoms with Crippen LogP contribution in [0, 0.1) is 0 Å². The summed E-state index contributed by atoms with van der Waals surface area (Å²) in [4.78, 5) is 24.9. The summed E-state index contributed by atoms with van der Waals surface area (Å²) in [5.74, 6) is -1.86. The summed E-state index contributed by atoms with van der Waals surface area (Å²) in [6.45, 7) is 1.30. The first kappa shape index (κ1) is 16.0. The fourth-order valence-corrected chi connectivity index (χ4v) is 3.62. The van der Waals surface area contributed by atoms with Gasteiger partial charge in [0.2, 0.25) is 0 Å². The van der Waals surface area contributed by atoms with Gasteiger partial charge in [-0.15, -0.1) is 0 Å². The fourth-order valence-electron chi connectivity index (χ4n) is 3.27. The molecule has 1 aliphatic rings. The van der Waals surface area contributed by atoms with Crippen molar-refractivity contribution in [1.29, 1.82) is 0 Å². The zero-order valence-electron chi connectivity index (χ0n) is 12.4. The molecular formula is C16H17BrN2O4. The van der Waals surface area contributed by atoms with Gasteiger partial charge in [-0.3, -0.25) is 14.5 Å². The third-order valence-electron chi connectivity index (χ3n) is 4.22. The predicted molar refractivity (Wildman–Crippen MR) is 88.5 cm³/mol. The van der Waals surface area contributed by atoms with Crippen molar-refractivity contribution in [2.45, 2.75) is 25.4 Å². The van der Waals surface area contributed by atoms with Gasteiger partial charge in [0, 0.05) is 21.6 Å². The van der Waals surface area contributed by atoms with Crippen LogP contribution in [0.5, 0.6) is 0 Å². The summed E-state index contributed by atoms with van der Waals surface area (Å²) in [6.07, 6.45) is 3.65. The molecule has 2 heterocycles. The largest absolute Gasteiger partial charge is 0.480 e. The second-order valence-corrected chi connectivity index (χ2v) is 6.67. The number of fused-ring (bicyclic) bond motifs is 1. The van der Waals surface area contributed by atoms with E-state index in [1.165, 1.54) is 0 Å². The summed E-state index contributed by atoms with van der Waals surface area (Å²) in [7, 11) is 0. The summed E-state index contributed by atoms with van der Waals surface area (Å²) in [5, 5.41) is 19.6. The summed E-state index contributed by atoms with van der Waals surface area (Å²) >= 11 is 3.39. The smallest absolute Gasteiger partial charge is 0.325 e. The lowest BCUT2D eigenvalue weighted by Gasteiger charge is -2.23. The van der Waals surface area contributed by atoms with E-state index in [0.717, 1.165) is 41.3 Å². The molecule has 3 rings (SSSR count). The summed E-state index contributed by atoms with van der Waals surface area (Å²) in [5.41, 5.74) is 1.38. The molecule has 1 saturated heterocycles. The standard InChI is InChI=1S/C16H17BrN2O4/c17-10-3-4-11-12(8-19(9-14(20)21)13(11)7-10)15(16(22)23)18-5-1-2-6-18/h3-4,7-8,15H,1-2,5-6,9H2,(H,20,21)(H,22,23)/t15-/m0/s1. The van der Waals surface area contributed by atoms with Gasteiger partial charge in [-0.05, 0) is 38.1 Å². The number of aromatic nitrogens is 1. The molecule has 6 nitrogen and oxygen atoms in total. The number of rotatable bonds is 5. The second kappa shape index (κ2) is 6.33. The Balaban J connectivity index is 2.15. The van der Waals surface area contributed by atoms with Crippen LogP contribution in [0.3, 0.4) is 0 Å². The first-order valence-corrected chi connectivity index (χ1v) is 8.23. The van der Waals surface area contributed by atoms with Crippen LogP contribution in [0.25, 0.3) is 10.9 Å². The van der Waals surface area contributed by atoms with Crippen molar-refractivity contribution in [2.24, 2.45) is 0 Å². The zero-order chi connectivity index (χ0) is 16.6. The van der Waals surface area contributed by atoms with E-state index in [0.29, 0.717) is 5.56 Å². The number of carboxylic acid groups (broad SMARTS) is 2. The van der Waals surface area contributed by atoms with E-state index in [-0.39, 0.29) is 6.54 Å². The maximum absolute atomic E-state index is 11.9. The highest BCUT2D eigenvalue weighted by Crippen LogP contribution is 2.33. The van der Waals surface area contributed by atoms with E-state index in [1.54, 1.807) is 10.8 Å².